The average molecular weight is 1000 g/mol. The highest BCUT2D eigenvalue weighted by molar-refractivity contribution is 5.87. The van der Waals surface area contributed by atoms with Crippen molar-refractivity contribution >= 4 is 35.5 Å². The first kappa shape index (κ1) is 64.1. The highest BCUT2D eigenvalue weighted by Gasteiger charge is 2.30. The topological polar surface area (TPSA) is 130 Å². The number of unbranched alkanes of at least 4 members (excludes halogenated alkanes) is 28. The standard InChI is InChI=1S/C36H70O3.2C12H20N2O2/c1-3-5-7-9-11-13-15-17-19-21-23-25-27-29-31-33-35(37)39-36(38)34-32-30-28-26-24-22-20-18-16-14-12-10-8-6-4-2;2*1-11(2)7-15-9(13-11)5-6-10-14-12(3,4)8-16-10/h3-34H2,1-2H3;2*5-8H2,1-4H3. The van der Waals surface area contributed by atoms with Crippen LogP contribution in [-0.2, 0) is 33.3 Å². The number of rotatable bonds is 38. The predicted octanol–water partition coefficient (Wildman–Crippen LogP) is 16.9. The SMILES string of the molecule is CC1(C)COC(CCC2=NC(C)(C)CO2)=N1.CC1(C)COC(CCC2=NC(C)(C)CO2)=N1.CCCCCCCCCCCCCCCCCC(=O)OC(=O)CCCCCCCCCCCCCCCCC. The second-order valence-electron chi connectivity index (χ2n) is 23.7. The van der Waals surface area contributed by atoms with Crippen molar-refractivity contribution in [2.24, 2.45) is 20.0 Å². The molecule has 0 amide bonds. The molecular weight excluding hydrogens is 889 g/mol. The van der Waals surface area contributed by atoms with Crippen LogP contribution in [-0.4, -0.2) is 84.1 Å². The lowest BCUT2D eigenvalue weighted by Crippen LogP contribution is -2.17. The molecule has 4 heterocycles. The molecule has 0 radical (unpaired) electrons. The Morgan fingerprint density at radius 1 is 0.338 bits per heavy atom. The molecule has 0 aromatic rings. The Labute approximate surface area is 436 Å². The van der Waals surface area contributed by atoms with Crippen molar-refractivity contribution in [3.05, 3.63) is 0 Å². The molecule has 0 aliphatic carbocycles. The molecular formula is C60H110N4O7. The minimum atomic E-state index is -0.323. The lowest BCUT2D eigenvalue weighted by molar-refractivity contribution is -0.159. The van der Waals surface area contributed by atoms with Gasteiger partial charge in [-0.1, -0.05) is 194 Å². The van der Waals surface area contributed by atoms with Crippen LogP contribution in [0, 0.1) is 0 Å². The Kier molecular flexibility index (Phi) is 34.1. The maximum absolute atomic E-state index is 11.9. The van der Waals surface area contributed by atoms with Gasteiger partial charge in [0.15, 0.2) is 23.6 Å². The van der Waals surface area contributed by atoms with E-state index in [9.17, 15) is 9.59 Å². The van der Waals surface area contributed by atoms with Crippen molar-refractivity contribution in [3.8, 4) is 0 Å². The first-order chi connectivity index (χ1) is 33.9. The summed E-state index contributed by atoms with van der Waals surface area (Å²) in [6, 6.07) is 0. The zero-order valence-corrected chi connectivity index (χ0v) is 47.9. The van der Waals surface area contributed by atoms with E-state index in [-0.39, 0.29) is 34.1 Å². The molecule has 4 aliphatic heterocycles. The van der Waals surface area contributed by atoms with Crippen molar-refractivity contribution < 1.29 is 33.3 Å². The molecule has 412 valence electrons. The Hall–Kier alpha value is -2.98. The number of esters is 2. The molecule has 11 heteroatoms. The molecule has 0 aromatic carbocycles. The summed E-state index contributed by atoms with van der Waals surface area (Å²) in [4.78, 5) is 41.8. The smallest absolute Gasteiger partial charge is 0.313 e. The van der Waals surface area contributed by atoms with Gasteiger partial charge in [0.05, 0.1) is 22.2 Å². The molecule has 0 atom stereocenters. The largest absolute Gasteiger partial charge is 0.478 e. The Morgan fingerprint density at radius 3 is 0.690 bits per heavy atom. The van der Waals surface area contributed by atoms with Gasteiger partial charge in [0.25, 0.3) is 0 Å². The van der Waals surface area contributed by atoms with Gasteiger partial charge in [0.1, 0.15) is 26.4 Å². The second-order valence-corrected chi connectivity index (χ2v) is 23.7. The lowest BCUT2D eigenvalue weighted by Gasteiger charge is -2.07. The van der Waals surface area contributed by atoms with E-state index in [1.54, 1.807) is 0 Å². The van der Waals surface area contributed by atoms with Gasteiger partial charge in [0, 0.05) is 38.5 Å². The van der Waals surface area contributed by atoms with Crippen LogP contribution in [0.2, 0.25) is 0 Å². The van der Waals surface area contributed by atoms with Crippen LogP contribution in [0.25, 0.3) is 0 Å². The third-order valence-corrected chi connectivity index (χ3v) is 13.4. The molecule has 0 saturated heterocycles. The number of carbonyl (C=O) groups excluding carboxylic acids is 2. The minimum absolute atomic E-state index is 0.0626. The maximum Gasteiger partial charge on any atom is 0.313 e. The van der Waals surface area contributed by atoms with Crippen LogP contribution >= 0.6 is 0 Å². The van der Waals surface area contributed by atoms with Gasteiger partial charge in [-0.15, -0.1) is 0 Å². The number of ether oxygens (including phenoxy) is 5. The van der Waals surface area contributed by atoms with E-state index >= 15 is 0 Å². The van der Waals surface area contributed by atoms with Crippen LogP contribution in [0.5, 0.6) is 0 Å². The third-order valence-electron chi connectivity index (χ3n) is 13.4. The fraction of sp³-hybridized carbons (Fsp3) is 0.900. The number of carbonyl (C=O) groups is 2. The molecule has 0 unspecified atom stereocenters. The number of hydrogen-bond acceptors (Lipinski definition) is 11. The van der Waals surface area contributed by atoms with E-state index in [0.717, 1.165) is 75.0 Å². The lowest BCUT2D eigenvalue weighted by atomic mass is 10.0. The van der Waals surface area contributed by atoms with Crippen molar-refractivity contribution in [2.45, 2.75) is 323 Å². The summed E-state index contributed by atoms with van der Waals surface area (Å²) in [5.41, 5.74) is -0.250. The van der Waals surface area contributed by atoms with E-state index in [4.69, 9.17) is 23.7 Å². The summed E-state index contributed by atoms with van der Waals surface area (Å²) in [5, 5.41) is 0. The summed E-state index contributed by atoms with van der Waals surface area (Å²) < 4.78 is 27.1. The van der Waals surface area contributed by atoms with Crippen molar-refractivity contribution in [1.29, 1.82) is 0 Å². The molecule has 4 rings (SSSR count). The minimum Gasteiger partial charge on any atom is -0.478 e. The normalized spacial score (nSPS) is 17.8. The van der Waals surface area contributed by atoms with Crippen molar-refractivity contribution in [2.75, 3.05) is 26.4 Å². The molecule has 11 nitrogen and oxygen atoms in total. The molecule has 0 aromatic heterocycles. The van der Waals surface area contributed by atoms with Gasteiger partial charge in [-0.2, -0.15) is 0 Å². The summed E-state index contributed by atoms with van der Waals surface area (Å²) in [6.07, 6.45) is 43.3. The zero-order chi connectivity index (χ0) is 52.1. The summed E-state index contributed by atoms with van der Waals surface area (Å²) in [7, 11) is 0. The van der Waals surface area contributed by atoms with E-state index in [2.05, 4.69) is 89.2 Å². The number of aliphatic imine (C=N–C) groups is 4. The van der Waals surface area contributed by atoms with E-state index in [1.807, 2.05) is 0 Å². The maximum atomic E-state index is 11.9. The Bertz CT molecular complexity index is 1370. The van der Waals surface area contributed by atoms with Gasteiger partial charge >= 0.3 is 11.9 Å². The van der Waals surface area contributed by atoms with Crippen molar-refractivity contribution in [3.63, 3.8) is 0 Å². The highest BCUT2D eigenvalue weighted by Crippen LogP contribution is 2.24. The molecule has 0 N–H and O–H groups in total. The second kappa shape index (κ2) is 37.7. The van der Waals surface area contributed by atoms with Gasteiger partial charge in [0.2, 0.25) is 0 Å². The number of nitrogens with zero attached hydrogens (tertiary/aromatic N) is 4. The molecule has 0 bridgehead atoms. The summed E-state index contributed by atoms with van der Waals surface area (Å²) in [6.45, 7) is 23.9. The van der Waals surface area contributed by atoms with Crippen molar-refractivity contribution in [1.82, 2.24) is 0 Å². The van der Waals surface area contributed by atoms with Crippen LogP contribution in [0.3, 0.4) is 0 Å². The summed E-state index contributed by atoms with van der Waals surface area (Å²) in [5.74, 6) is 2.69. The number of hydrogen-bond donors (Lipinski definition) is 0. The molecule has 0 saturated carbocycles. The van der Waals surface area contributed by atoms with E-state index in [0.29, 0.717) is 39.3 Å². The molecule has 0 spiro atoms. The molecule has 71 heavy (non-hydrogen) atoms. The molecule has 0 fully saturated rings. The van der Waals surface area contributed by atoms with Gasteiger partial charge in [-0.05, 0) is 68.2 Å². The average Bonchev–Trinajstić information content (AvgIpc) is 4.07. The van der Waals surface area contributed by atoms with Crippen LogP contribution in [0.4, 0.5) is 0 Å². The van der Waals surface area contributed by atoms with Gasteiger partial charge in [-0.25, -0.2) is 20.0 Å². The fourth-order valence-corrected chi connectivity index (χ4v) is 9.10. The van der Waals surface area contributed by atoms with Gasteiger partial charge < -0.3 is 23.7 Å². The predicted molar refractivity (Wildman–Crippen MR) is 299 cm³/mol. The summed E-state index contributed by atoms with van der Waals surface area (Å²) >= 11 is 0. The van der Waals surface area contributed by atoms with Crippen LogP contribution in [0.15, 0.2) is 20.0 Å². The highest BCUT2D eigenvalue weighted by atomic mass is 16.6. The van der Waals surface area contributed by atoms with Crippen LogP contribution in [0.1, 0.15) is 300 Å². The fourth-order valence-electron chi connectivity index (χ4n) is 9.10. The first-order valence-corrected chi connectivity index (χ1v) is 29.5. The first-order valence-electron chi connectivity index (χ1n) is 29.5. The monoisotopic (exact) mass is 999 g/mol. The Balaban J connectivity index is 0.000000433. The van der Waals surface area contributed by atoms with Gasteiger partial charge in [-0.3, -0.25) is 9.59 Å². The quantitative estimate of drug-likeness (QED) is 0.0342. The third kappa shape index (κ3) is 35.8. The molecule has 4 aliphatic rings. The zero-order valence-electron chi connectivity index (χ0n) is 47.9. The Morgan fingerprint density at radius 2 is 0.521 bits per heavy atom. The van der Waals surface area contributed by atoms with Crippen LogP contribution < -0.4 is 0 Å². The van der Waals surface area contributed by atoms with E-state index in [1.165, 1.54) is 167 Å². The van der Waals surface area contributed by atoms with E-state index < -0.39 is 0 Å².